The normalized spacial score (nSPS) is 16.3. The molecule has 0 radical (unpaired) electrons. The summed E-state index contributed by atoms with van der Waals surface area (Å²) in [5.41, 5.74) is 0.0628. The van der Waals surface area contributed by atoms with Crippen LogP contribution in [0.15, 0.2) is 23.4 Å². The monoisotopic (exact) mass is 425 g/mol. The molecule has 1 atom stereocenters. The molecule has 0 bridgehead atoms. The molecule has 1 saturated heterocycles. The second-order valence-corrected chi connectivity index (χ2v) is 7.61. The van der Waals surface area contributed by atoms with E-state index in [2.05, 4.69) is 15.5 Å². The highest BCUT2D eigenvalue weighted by molar-refractivity contribution is 7.99. The molecule has 11 heteroatoms. The number of anilines is 1. The molecule has 150 valence electrons. The molecule has 3 rings (SSSR count). The Kier molecular flexibility index (Phi) is 6.87. The van der Waals surface area contributed by atoms with Crippen LogP contribution in [0.5, 0.6) is 0 Å². The Hall–Kier alpha value is -2.17. The van der Waals surface area contributed by atoms with Crippen molar-refractivity contribution in [1.82, 2.24) is 14.8 Å². The minimum atomic E-state index is -0.591. The maximum Gasteiger partial charge on any atom is 0.289 e. The second-order valence-electron chi connectivity index (χ2n) is 6.26. The summed E-state index contributed by atoms with van der Waals surface area (Å²) in [7, 11) is 0. The van der Waals surface area contributed by atoms with Crippen molar-refractivity contribution in [3.8, 4) is 0 Å². The maximum absolute atomic E-state index is 12.3. The van der Waals surface area contributed by atoms with Gasteiger partial charge in [0.1, 0.15) is 10.8 Å². The predicted molar refractivity (Wildman–Crippen MR) is 106 cm³/mol. The van der Waals surface area contributed by atoms with Gasteiger partial charge in [-0.1, -0.05) is 30.3 Å². The molecule has 2 heterocycles. The number of ether oxygens (including phenoxy) is 1. The van der Waals surface area contributed by atoms with Crippen LogP contribution in [0.1, 0.15) is 25.6 Å². The van der Waals surface area contributed by atoms with Crippen LogP contribution in [0, 0.1) is 10.1 Å². The number of nitro groups is 1. The number of carbonyl (C=O) groups excluding carboxylic acids is 1. The number of thioether (sulfide) groups is 1. The van der Waals surface area contributed by atoms with E-state index in [1.54, 1.807) is 0 Å². The molecule has 1 aromatic carbocycles. The number of amides is 1. The number of hydrogen-bond acceptors (Lipinski definition) is 7. The number of nitro benzene ring substituents is 1. The van der Waals surface area contributed by atoms with E-state index in [0.717, 1.165) is 31.7 Å². The van der Waals surface area contributed by atoms with Gasteiger partial charge in [0, 0.05) is 24.8 Å². The van der Waals surface area contributed by atoms with Gasteiger partial charge in [-0.2, -0.15) is 0 Å². The quantitative estimate of drug-likeness (QED) is 0.392. The minimum absolute atomic E-state index is 0.0201. The molecule has 28 heavy (non-hydrogen) atoms. The zero-order valence-electron chi connectivity index (χ0n) is 15.3. The first-order chi connectivity index (χ1) is 13.5. The molecular formula is C17H20ClN5O4S. The van der Waals surface area contributed by atoms with Crippen molar-refractivity contribution >= 4 is 40.6 Å². The Bertz CT molecular complexity index is 869. The van der Waals surface area contributed by atoms with Gasteiger partial charge in [0.2, 0.25) is 5.91 Å². The molecule has 1 N–H and O–H groups in total. The average molecular weight is 426 g/mol. The topological polar surface area (TPSA) is 112 Å². The standard InChI is InChI=1S/C17H20ClN5O4S/c1-2-15-20-21-17(22(15)9-12-4-3-7-27-12)28-10-16(24)19-11-5-6-13(18)14(8-11)23(25)26/h5-6,8,12H,2-4,7,9-10H2,1H3,(H,19,24). The molecule has 0 saturated carbocycles. The van der Waals surface area contributed by atoms with Crippen LogP contribution >= 0.6 is 23.4 Å². The number of hydrogen-bond donors (Lipinski definition) is 1. The summed E-state index contributed by atoms with van der Waals surface area (Å²) < 4.78 is 7.70. The number of benzene rings is 1. The van der Waals surface area contributed by atoms with Gasteiger partial charge in [-0.25, -0.2) is 0 Å². The van der Waals surface area contributed by atoms with Crippen LogP contribution in [0.3, 0.4) is 0 Å². The average Bonchev–Trinajstić information content (AvgIpc) is 3.31. The van der Waals surface area contributed by atoms with Crippen LogP contribution < -0.4 is 5.32 Å². The third-order valence-corrected chi connectivity index (χ3v) is 5.57. The van der Waals surface area contributed by atoms with Gasteiger partial charge in [0.25, 0.3) is 5.69 Å². The van der Waals surface area contributed by atoms with Crippen LogP contribution in [0.4, 0.5) is 11.4 Å². The Morgan fingerprint density at radius 3 is 3.00 bits per heavy atom. The molecule has 0 aliphatic carbocycles. The van der Waals surface area contributed by atoms with Gasteiger partial charge < -0.3 is 14.6 Å². The molecule has 1 fully saturated rings. The van der Waals surface area contributed by atoms with Crippen molar-refractivity contribution in [3.63, 3.8) is 0 Å². The van der Waals surface area contributed by atoms with Crippen molar-refractivity contribution in [2.75, 3.05) is 17.7 Å². The first kappa shape index (κ1) is 20.6. The smallest absolute Gasteiger partial charge is 0.289 e. The fourth-order valence-corrected chi connectivity index (χ4v) is 3.87. The first-order valence-corrected chi connectivity index (χ1v) is 10.2. The first-order valence-electron chi connectivity index (χ1n) is 8.88. The molecule has 0 spiro atoms. The van der Waals surface area contributed by atoms with Crippen molar-refractivity contribution in [2.24, 2.45) is 0 Å². The largest absolute Gasteiger partial charge is 0.376 e. The highest BCUT2D eigenvalue weighted by Gasteiger charge is 2.21. The third-order valence-electron chi connectivity index (χ3n) is 4.28. The van der Waals surface area contributed by atoms with Gasteiger partial charge >= 0.3 is 0 Å². The number of halogens is 1. The molecule has 1 unspecified atom stereocenters. The van der Waals surface area contributed by atoms with Crippen LogP contribution in [0.2, 0.25) is 5.02 Å². The van der Waals surface area contributed by atoms with E-state index in [1.807, 2.05) is 11.5 Å². The third kappa shape index (κ3) is 5.00. The van der Waals surface area contributed by atoms with Gasteiger partial charge in [0.05, 0.1) is 23.3 Å². The van der Waals surface area contributed by atoms with Crippen LogP contribution in [-0.2, 0) is 22.5 Å². The van der Waals surface area contributed by atoms with E-state index >= 15 is 0 Å². The summed E-state index contributed by atoms with van der Waals surface area (Å²) in [6.07, 6.45) is 2.93. The number of carbonyl (C=O) groups is 1. The molecule has 1 amide bonds. The van der Waals surface area contributed by atoms with E-state index in [-0.39, 0.29) is 28.5 Å². The van der Waals surface area contributed by atoms with Gasteiger partial charge in [-0.3, -0.25) is 14.9 Å². The van der Waals surface area contributed by atoms with Gasteiger partial charge in [0.15, 0.2) is 5.16 Å². The maximum atomic E-state index is 12.3. The predicted octanol–water partition coefficient (Wildman–Crippen LogP) is 3.31. The number of nitrogens with one attached hydrogen (secondary N) is 1. The molecule has 1 aromatic heterocycles. The Labute approximate surface area is 170 Å². The summed E-state index contributed by atoms with van der Waals surface area (Å²) in [6, 6.07) is 4.14. The zero-order chi connectivity index (χ0) is 20.1. The van der Waals surface area contributed by atoms with Crippen LogP contribution in [-0.4, -0.2) is 44.1 Å². The SMILES string of the molecule is CCc1nnc(SCC(=O)Nc2ccc(Cl)c([N+](=O)[O-])c2)n1CC1CCCO1. The summed E-state index contributed by atoms with van der Waals surface area (Å²) in [4.78, 5) is 22.6. The lowest BCUT2D eigenvalue weighted by Crippen LogP contribution is -2.19. The highest BCUT2D eigenvalue weighted by atomic mass is 35.5. The van der Waals surface area contributed by atoms with Crippen molar-refractivity contribution < 1.29 is 14.5 Å². The van der Waals surface area contributed by atoms with E-state index < -0.39 is 4.92 Å². The van der Waals surface area contributed by atoms with Crippen molar-refractivity contribution in [2.45, 2.75) is 44.0 Å². The van der Waals surface area contributed by atoms with E-state index in [4.69, 9.17) is 16.3 Å². The lowest BCUT2D eigenvalue weighted by Gasteiger charge is -2.14. The zero-order valence-corrected chi connectivity index (χ0v) is 16.8. The Balaban J connectivity index is 1.62. The second kappa shape index (κ2) is 9.35. The molecule has 9 nitrogen and oxygen atoms in total. The fourth-order valence-electron chi connectivity index (χ4n) is 2.92. The number of aryl methyl sites for hydroxylation is 1. The summed E-state index contributed by atoms with van der Waals surface area (Å²) in [5.74, 6) is 0.655. The summed E-state index contributed by atoms with van der Waals surface area (Å²) >= 11 is 7.05. The lowest BCUT2D eigenvalue weighted by molar-refractivity contribution is -0.384. The van der Waals surface area contributed by atoms with Gasteiger partial charge in [-0.05, 0) is 25.0 Å². The van der Waals surface area contributed by atoms with Crippen LogP contribution in [0.25, 0.3) is 0 Å². The Morgan fingerprint density at radius 1 is 1.50 bits per heavy atom. The van der Waals surface area contributed by atoms with E-state index in [1.165, 1.54) is 30.0 Å². The fraction of sp³-hybridized carbons (Fsp3) is 0.471. The van der Waals surface area contributed by atoms with Crippen molar-refractivity contribution in [1.29, 1.82) is 0 Å². The van der Waals surface area contributed by atoms with E-state index in [0.29, 0.717) is 17.4 Å². The van der Waals surface area contributed by atoms with Gasteiger partial charge in [-0.15, -0.1) is 10.2 Å². The highest BCUT2D eigenvalue weighted by Crippen LogP contribution is 2.28. The minimum Gasteiger partial charge on any atom is -0.376 e. The number of rotatable bonds is 8. The van der Waals surface area contributed by atoms with E-state index in [9.17, 15) is 14.9 Å². The van der Waals surface area contributed by atoms with Crippen molar-refractivity contribution in [3.05, 3.63) is 39.2 Å². The lowest BCUT2D eigenvalue weighted by atomic mass is 10.2. The molecular weight excluding hydrogens is 406 g/mol. The number of nitrogens with zero attached hydrogens (tertiary/aromatic N) is 4. The molecule has 2 aromatic rings. The number of aromatic nitrogens is 3. The Morgan fingerprint density at radius 2 is 2.32 bits per heavy atom. The summed E-state index contributed by atoms with van der Waals surface area (Å²) in [6.45, 7) is 3.44. The molecule has 1 aliphatic heterocycles. The molecule has 1 aliphatic rings. The summed E-state index contributed by atoms with van der Waals surface area (Å²) in [5, 5.41) is 22.7.